The summed E-state index contributed by atoms with van der Waals surface area (Å²) >= 11 is 0.318. The number of amides is 1. The molecule has 0 radical (unpaired) electrons. The molecule has 0 saturated heterocycles. The Hall–Kier alpha value is -1.70. The first-order valence-corrected chi connectivity index (χ1v) is 8.44. The van der Waals surface area contributed by atoms with E-state index in [2.05, 4.69) is 4.99 Å². The van der Waals surface area contributed by atoms with Crippen LogP contribution in [0.15, 0.2) is 4.99 Å². The topological polar surface area (TPSA) is 41.5 Å². The van der Waals surface area contributed by atoms with E-state index < -0.39 is 58.7 Å². The lowest BCUT2D eigenvalue weighted by Crippen LogP contribution is -2.75. The minimum Gasteiger partial charge on any atom is -0.300 e. The van der Waals surface area contributed by atoms with Crippen molar-refractivity contribution in [3.63, 3.8) is 0 Å². The second-order valence-corrected chi connectivity index (χ2v) is 7.09. The lowest BCUT2D eigenvalue weighted by molar-refractivity contribution is -0.459. The smallest absolute Gasteiger partial charge is 0.300 e. The Labute approximate surface area is 173 Å². The summed E-state index contributed by atoms with van der Waals surface area (Å²) in [6.07, 6.45) is -7.82. The molecule has 0 aromatic heterocycles. The number of alkyl halides is 17. The van der Waals surface area contributed by atoms with Gasteiger partial charge in [0.15, 0.2) is 5.17 Å². The van der Waals surface area contributed by atoms with E-state index in [4.69, 9.17) is 0 Å². The van der Waals surface area contributed by atoms with Crippen molar-refractivity contribution >= 4 is 22.8 Å². The van der Waals surface area contributed by atoms with Gasteiger partial charge in [0.1, 0.15) is 0 Å². The van der Waals surface area contributed by atoms with Crippen LogP contribution in [0.25, 0.3) is 0 Å². The Morgan fingerprint density at radius 2 is 1.00 bits per heavy atom. The van der Waals surface area contributed by atoms with Gasteiger partial charge in [0.05, 0.1) is 6.54 Å². The predicted octanol–water partition coefficient (Wildman–Crippen LogP) is 5.21. The molecular weight excluding hydrogens is 543 g/mol. The zero-order valence-electron chi connectivity index (χ0n) is 14.6. The normalized spacial score (nSPS) is 17.8. The van der Waals surface area contributed by atoms with Crippen LogP contribution in [0.4, 0.5) is 74.6 Å². The molecule has 1 aliphatic rings. The van der Waals surface area contributed by atoms with Gasteiger partial charge in [-0.3, -0.25) is 15.1 Å². The Balaban J connectivity index is 3.54. The van der Waals surface area contributed by atoms with Gasteiger partial charge in [-0.1, -0.05) is 11.8 Å². The predicted molar refractivity (Wildman–Crippen MR) is 73.6 cm³/mol. The molecule has 0 aliphatic carbocycles. The molecule has 1 aliphatic heterocycles. The highest BCUT2D eigenvalue weighted by atomic mass is 32.2. The van der Waals surface area contributed by atoms with Crippen LogP contribution in [-0.2, 0) is 4.79 Å². The molecule has 3 nitrogen and oxygen atoms in total. The molecule has 1 amide bonds. The van der Waals surface area contributed by atoms with Crippen molar-refractivity contribution in [3.05, 3.63) is 0 Å². The van der Waals surface area contributed by atoms with E-state index in [9.17, 15) is 79.4 Å². The van der Waals surface area contributed by atoms with E-state index in [0.717, 1.165) is 5.32 Å². The molecule has 194 valence electrons. The molecule has 21 heteroatoms. The number of nitrogens with one attached hydrogen (secondary N) is 1. The highest BCUT2D eigenvalue weighted by molar-refractivity contribution is 8.14. The summed E-state index contributed by atoms with van der Waals surface area (Å²) in [5.74, 6) is -61.7. The summed E-state index contributed by atoms with van der Waals surface area (Å²) < 4.78 is 222. The monoisotopic (exact) mass is 548 g/mol. The lowest BCUT2D eigenvalue weighted by Gasteiger charge is -2.42. The third-order valence-corrected chi connectivity index (χ3v) is 4.70. The van der Waals surface area contributed by atoms with Crippen LogP contribution in [-0.4, -0.2) is 71.0 Å². The number of hydrogen-bond donors (Lipinski definition) is 1. The quantitative estimate of drug-likeness (QED) is 0.444. The summed E-state index contributed by atoms with van der Waals surface area (Å²) in [4.78, 5) is 14.3. The summed E-state index contributed by atoms with van der Waals surface area (Å²) in [5, 5.41) is -0.242. The average Bonchev–Trinajstić information content (AvgIpc) is 3.12. The summed E-state index contributed by atoms with van der Waals surface area (Å²) in [5.41, 5.74) is 0. The van der Waals surface area contributed by atoms with Crippen molar-refractivity contribution in [3.8, 4) is 0 Å². The third kappa shape index (κ3) is 3.96. The average molecular weight is 548 g/mol. The fourth-order valence-electron chi connectivity index (χ4n) is 1.89. The van der Waals surface area contributed by atoms with Crippen LogP contribution in [0.3, 0.4) is 0 Å². The number of halogens is 17. The summed E-state index contributed by atoms with van der Waals surface area (Å²) in [6, 6.07) is 0. The Morgan fingerprint density at radius 1 is 0.636 bits per heavy atom. The second-order valence-electron chi connectivity index (χ2n) is 6.01. The molecule has 0 aromatic rings. The molecule has 33 heavy (non-hydrogen) atoms. The number of carbonyl (C=O) groups excluding carboxylic acids is 1. The summed E-state index contributed by atoms with van der Waals surface area (Å²) in [7, 11) is 0. The second kappa shape index (κ2) is 7.92. The fourth-order valence-corrected chi connectivity index (χ4v) is 2.62. The molecule has 0 saturated carbocycles. The number of carbonyl (C=O) groups is 1. The number of aliphatic imine (C=N–C) groups is 1. The van der Waals surface area contributed by atoms with Crippen molar-refractivity contribution in [1.29, 1.82) is 0 Å². The van der Waals surface area contributed by atoms with E-state index in [0.29, 0.717) is 11.8 Å². The van der Waals surface area contributed by atoms with Gasteiger partial charge in [-0.25, -0.2) is 0 Å². The number of amidine groups is 1. The zero-order valence-corrected chi connectivity index (χ0v) is 15.4. The van der Waals surface area contributed by atoms with Crippen LogP contribution in [0.5, 0.6) is 0 Å². The first-order chi connectivity index (χ1) is 14.2. The standard InChI is InChI=1S/C12H5F17N2OS/c13-5(14,3(32)31-4-30-1-2-33-4)6(15,16)7(17,18)8(19,20)9(21,22)10(23,24)11(25,26)12(27,28)29/h1-2H2,(H,30,31,32). The van der Waals surface area contributed by atoms with Crippen LogP contribution in [0.2, 0.25) is 0 Å². The third-order valence-electron chi connectivity index (χ3n) is 3.81. The first kappa shape index (κ1) is 29.3. The van der Waals surface area contributed by atoms with Gasteiger partial charge >= 0.3 is 53.5 Å². The highest BCUT2D eigenvalue weighted by Gasteiger charge is 2.95. The maximum atomic E-state index is 13.6. The van der Waals surface area contributed by atoms with Gasteiger partial charge in [-0.05, 0) is 0 Å². The Kier molecular flexibility index (Phi) is 7.04. The van der Waals surface area contributed by atoms with Crippen molar-refractivity contribution in [2.45, 2.75) is 47.6 Å². The SMILES string of the molecule is O=C(NC1=NCCS1)C(F)(F)C(F)(F)C(F)(F)C(F)(F)C(F)(F)C(F)(F)C(F)(F)C(F)(F)F. The van der Waals surface area contributed by atoms with Gasteiger partial charge in [0.25, 0.3) is 0 Å². The lowest BCUT2D eigenvalue weighted by atomic mass is 9.89. The Bertz CT molecular complexity index is 802. The minimum atomic E-state index is -8.73. The molecule has 0 unspecified atom stereocenters. The molecule has 1 heterocycles. The number of hydrogen-bond acceptors (Lipinski definition) is 3. The van der Waals surface area contributed by atoms with Gasteiger partial charge in [0.2, 0.25) is 0 Å². The van der Waals surface area contributed by atoms with Crippen LogP contribution in [0.1, 0.15) is 0 Å². The maximum absolute atomic E-state index is 13.6. The maximum Gasteiger partial charge on any atom is 0.460 e. The van der Waals surface area contributed by atoms with E-state index in [1.165, 1.54) is 0 Å². The Morgan fingerprint density at radius 3 is 1.33 bits per heavy atom. The van der Waals surface area contributed by atoms with Gasteiger partial charge in [-0.2, -0.15) is 74.6 Å². The fraction of sp³-hybridized carbons (Fsp3) is 0.833. The van der Waals surface area contributed by atoms with Gasteiger partial charge < -0.3 is 0 Å². The molecule has 1 N–H and O–H groups in total. The zero-order chi connectivity index (χ0) is 26.7. The largest absolute Gasteiger partial charge is 0.460 e. The molecule has 0 atom stereocenters. The van der Waals surface area contributed by atoms with Crippen molar-refractivity contribution in [1.82, 2.24) is 5.32 Å². The molecule has 1 rings (SSSR count). The van der Waals surface area contributed by atoms with E-state index in [-0.39, 0.29) is 12.3 Å². The van der Waals surface area contributed by atoms with E-state index in [1.54, 1.807) is 0 Å². The molecule has 0 aromatic carbocycles. The molecule has 0 bridgehead atoms. The van der Waals surface area contributed by atoms with Crippen molar-refractivity contribution < 1.29 is 79.4 Å². The number of rotatable bonds is 7. The van der Waals surface area contributed by atoms with Crippen molar-refractivity contribution in [2.24, 2.45) is 4.99 Å². The van der Waals surface area contributed by atoms with Crippen molar-refractivity contribution in [2.75, 3.05) is 12.3 Å². The van der Waals surface area contributed by atoms with E-state index in [1.807, 2.05) is 0 Å². The minimum absolute atomic E-state index is 0.0967. The number of thioether (sulfide) groups is 1. The molecule has 0 fully saturated rings. The number of nitrogens with zero attached hydrogens (tertiary/aromatic N) is 1. The van der Waals surface area contributed by atoms with Gasteiger partial charge in [-0.15, -0.1) is 0 Å². The molecular formula is C12H5F17N2OS. The van der Waals surface area contributed by atoms with Crippen LogP contribution >= 0.6 is 11.8 Å². The first-order valence-electron chi connectivity index (χ1n) is 7.45. The van der Waals surface area contributed by atoms with Gasteiger partial charge in [0, 0.05) is 5.75 Å². The van der Waals surface area contributed by atoms with Crippen LogP contribution < -0.4 is 5.32 Å². The highest BCUT2D eigenvalue weighted by Crippen LogP contribution is 2.63. The molecule has 0 spiro atoms. The summed E-state index contributed by atoms with van der Waals surface area (Å²) in [6.45, 7) is -0.259. The van der Waals surface area contributed by atoms with Crippen LogP contribution in [0, 0.1) is 0 Å². The van der Waals surface area contributed by atoms with E-state index >= 15 is 0 Å².